The Balaban J connectivity index is 1.56. The molecule has 0 saturated heterocycles. The van der Waals surface area contributed by atoms with E-state index in [1.807, 2.05) is 12.2 Å². The molecule has 1 aliphatic rings. The van der Waals surface area contributed by atoms with Crippen molar-refractivity contribution in [3.8, 4) is 44.9 Å². The van der Waals surface area contributed by atoms with Crippen LogP contribution in [0.4, 0.5) is 0 Å². The molecule has 7 rings (SSSR count). The molecule has 6 aromatic carbocycles. The van der Waals surface area contributed by atoms with Crippen LogP contribution in [0.1, 0.15) is 22.3 Å². The maximum Gasteiger partial charge on any atom is 0.135 e. The lowest BCUT2D eigenvalue weighted by Gasteiger charge is -2.25. The monoisotopic (exact) mass is 748 g/mol. The van der Waals surface area contributed by atoms with E-state index in [-0.39, 0.29) is 0 Å². The molecule has 0 atom stereocenters. The van der Waals surface area contributed by atoms with Crippen molar-refractivity contribution < 1.29 is 28.4 Å². The number of rotatable bonds is 6. The Labute approximate surface area is 331 Å². The molecule has 0 bridgehead atoms. The van der Waals surface area contributed by atoms with Crippen LogP contribution in [0, 0.1) is 13.8 Å². The van der Waals surface area contributed by atoms with Crippen LogP contribution in [0.5, 0.6) is 11.5 Å². The van der Waals surface area contributed by atoms with Gasteiger partial charge in [0.15, 0.2) is 0 Å². The van der Waals surface area contributed by atoms with Gasteiger partial charge in [0.1, 0.15) is 24.7 Å². The van der Waals surface area contributed by atoms with Gasteiger partial charge in [0.2, 0.25) is 0 Å². The summed E-state index contributed by atoms with van der Waals surface area (Å²) in [6.45, 7) is 16.7. The predicted molar refractivity (Wildman–Crippen MR) is 229 cm³/mol. The fourth-order valence-electron chi connectivity index (χ4n) is 7.32. The van der Waals surface area contributed by atoms with Gasteiger partial charge >= 0.3 is 0 Å². The molecule has 0 spiro atoms. The summed E-state index contributed by atoms with van der Waals surface area (Å²) in [7, 11) is 0. The smallest absolute Gasteiger partial charge is 0.135 e. The van der Waals surface area contributed by atoms with Crippen molar-refractivity contribution in [1.29, 1.82) is 0 Å². The van der Waals surface area contributed by atoms with Crippen LogP contribution in [-0.2, 0) is 31.8 Å². The minimum absolute atomic E-state index is 0.345. The topological polar surface area (TPSA) is 55.4 Å². The molecular formula is C50H52O6. The van der Waals surface area contributed by atoms with E-state index in [1.54, 1.807) is 0 Å². The first kappa shape index (κ1) is 39.0. The van der Waals surface area contributed by atoms with E-state index in [0.717, 1.165) is 79.3 Å². The minimum Gasteiger partial charge on any atom is -0.490 e. The molecule has 6 nitrogen and oxygen atoms in total. The molecule has 0 saturated carbocycles. The second-order valence-corrected chi connectivity index (χ2v) is 14.2. The van der Waals surface area contributed by atoms with E-state index in [2.05, 4.69) is 124 Å². The summed E-state index contributed by atoms with van der Waals surface area (Å²) in [5.74, 6) is 1.56. The standard InChI is InChI=1S/C50H52O6/c1-5-7-37-13-19-43-41(31-37)33-45(39-15-9-35(3)10-16-39)49-47(43)48-44-20-14-38(8-6-2)32-42(44)34-46(40-17-11-36(4)12-18-40)50(48)56-30-28-54-26-24-52-22-21-51-23-25-53-27-29-55-49/h5-6,9-20,31-34H,1-2,7-8,21-30H2,3-4H3. The van der Waals surface area contributed by atoms with E-state index in [4.69, 9.17) is 28.4 Å². The first-order valence-electron chi connectivity index (χ1n) is 19.7. The third kappa shape index (κ3) is 9.23. The van der Waals surface area contributed by atoms with Crippen LogP contribution in [-0.4, -0.2) is 66.1 Å². The molecule has 0 fully saturated rings. The highest BCUT2D eigenvalue weighted by Gasteiger charge is 2.26. The van der Waals surface area contributed by atoms with Crippen LogP contribution >= 0.6 is 0 Å². The highest BCUT2D eigenvalue weighted by atomic mass is 16.6. The van der Waals surface area contributed by atoms with Crippen molar-refractivity contribution in [1.82, 2.24) is 0 Å². The zero-order valence-electron chi connectivity index (χ0n) is 32.7. The zero-order chi connectivity index (χ0) is 38.7. The Morgan fingerprint density at radius 2 is 0.804 bits per heavy atom. The van der Waals surface area contributed by atoms with Crippen molar-refractivity contribution in [2.24, 2.45) is 0 Å². The predicted octanol–water partition coefficient (Wildman–Crippen LogP) is 10.9. The highest BCUT2D eigenvalue weighted by Crippen LogP contribution is 2.52. The minimum atomic E-state index is 0.345. The Kier molecular flexibility index (Phi) is 13.3. The van der Waals surface area contributed by atoms with E-state index in [0.29, 0.717) is 66.1 Å². The Hall–Kier alpha value is -5.24. The fraction of sp³-hybridized carbons (Fsp3) is 0.280. The molecule has 1 aliphatic heterocycles. The lowest BCUT2D eigenvalue weighted by molar-refractivity contribution is -0.00701. The number of hydrogen-bond donors (Lipinski definition) is 0. The molecule has 0 unspecified atom stereocenters. The van der Waals surface area contributed by atoms with Crippen LogP contribution < -0.4 is 9.47 Å². The first-order chi connectivity index (χ1) is 27.5. The molecule has 0 radical (unpaired) electrons. The molecule has 0 aromatic heterocycles. The van der Waals surface area contributed by atoms with Crippen LogP contribution in [0.15, 0.2) is 122 Å². The van der Waals surface area contributed by atoms with Gasteiger partial charge < -0.3 is 28.4 Å². The van der Waals surface area contributed by atoms with E-state index in [9.17, 15) is 0 Å². The molecule has 0 N–H and O–H groups in total. The molecular weight excluding hydrogens is 697 g/mol. The number of hydrogen-bond acceptors (Lipinski definition) is 6. The van der Waals surface area contributed by atoms with Gasteiger partial charge in [-0.2, -0.15) is 0 Å². The average Bonchev–Trinajstić information content (AvgIpc) is 3.20. The number of fused-ring (bicyclic) bond motifs is 7. The van der Waals surface area contributed by atoms with Gasteiger partial charge in [-0.1, -0.05) is 108 Å². The van der Waals surface area contributed by atoms with Crippen LogP contribution in [0.25, 0.3) is 54.9 Å². The normalized spacial score (nSPS) is 14.9. The van der Waals surface area contributed by atoms with Gasteiger partial charge in [0.25, 0.3) is 0 Å². The summed E-state index contributed by atoms with van der Waals surface area (Å²) < 4.78 is 37.5. The third-order valence-electron chi connectivity index (χ3n) is 10.1. The van der Waals surface area contributed by atoms with Crippen LogP contribution in [0.2, 0.25) is 0 Å². The van der Waals surface area contributed by atoms with E-state index in [1.165, 1.54) is 22.3 Å². The maximum atomic E-state index is 7.01. The van der Waals surface area contributed by atoms with Gasteiger partial charge in [-0.15, -0.1) is 13.2 Å². The van der Waals surface area contributed by atoms with Gasteiger partial charge in [-0.05, 0) is 82.6 Å². The van der Waals surface area contributed by atoms with Gasteiger partial charge in [-0.3, -0.25) is 0 Å². The summed E-state index contributed by atoms with van der Waals surface area (Å²) in [6.07, 6.45) is 5.44. The molecule has 1 heterocycles. The number of ether oxygens (including phenoxy) is 6. The van der Waals surface area contributed by atoms with Gasteiger partial charge in [-0.25, -0.2) is 0 Å². The lowest BCUT2D eigenvalue weighted by Crippen LogP contribution is -2.15. The largest absolute Gasteiger partial charge is 0.490 e. The summed E-state index contributed by atoms with van der Waals surface area (Å²) in [6, 6.07) is 35.3. The SMILES string of the molecule is C=CCc1ccc2c3c(c(-c4ccc(C)cc4)cc2c1)OCCOCCOCCOCCOCCOc1c(-c2ccc(C)cc2)cc2cc(CC=C)ccc2c1-3. The Bertz CT molecular complexity index is 2110. The van der Waals surface area contributed by atoms with E-state index >= 15 is 0 Å². The molecule has 0 amide bonds. The third-order valence-corrected chi connectivity index (χ3v) is 10.1. The van der Waals surface area contributed by atoms with Crippen LogP contribution in [0.3, 0.4) is 0 Å². The Morgan fingerprint density at radius 1 is 0.446 bits per heavy atom. The molecule has 6 heteroatoms. The first-order valence-corrected chi connectivity index (χ1v) is 19.7. The van der Waals surface area contributed by atoms with Gasteiger partial charge in [0.05, 0.1) is 52.9 Å². The average molecular weight is 749 g/mol. The number of benzene rings is 6. The van der Waals surface area contributed by atoms with Crippen molar-refractivity contribution in [3.05, 3.63) is 145 Å². The molecule has 0 aliphatic carbocycles. The van der Waals surface area contributed by atoms with Crippen molar-refractivity contribution in [3.63, 3.8) is 0 Å². The van der Waals surface area contributed by atoms with Gasteiger partial charge in [0, 0.05) is 22.3 Å². The van der Waals surface area contributed by atoms with Crippen molar-refractivity contribution >= 4 is 21.5 Å². The van der Waals surface area contributed by atoms with Crippen molar-refractivity contribution in [2.45, 2.75) is 26.7 Å². The Morgan fingerprint density at radius 3 is 1.16 bits per heavy atom. The summed E-state index contributed by atoms with van der Waals surface area (Å²) in [5.41, 5.74) is 10.8. The second-order valence-electron chi connectivity index (χ2n) is 14.2. The quantitative estimate of drug-likeness (QED) is 0.158. The highest BCUT2D eigenvalue weighted by molar-refractivity contribution is 6.14. The summed E-state index contributed by atoms with van der Waals surface area (Å²) in [4.78, 5) is 0. The summed E-state index contributed by atoms with van der Waals surface area (Å²) >= 11 is 0. The fourth-order valence-corrected chi connectivity index (χ4v) is 7.32. The lowest BCUT2D eigenvalue weighted by atomic mass is 9.85. The number of allylic oxidation sites excluding steroid dienone is 2. The zero-order valence-corrected chi connectivity index (χ0v) is 32.7. The van der Waals surface area contributed by atoms with E-state index < -0.39 is 0 Å². The molecule has 56 heavy (non-hydrogen) atoms. The van der Waals surface area contributed by atoms with Crippen molar-refractivity contribution in [2.75, 3.05) is 66.1 Å². The number of aryl methyl sites for hydroxylation is 2. The summed E-state index contributed by atoms with van der Waals surface area (Å²) in [5, 5.41) is 4.35. The maximum absolute atomic E-state index is 7.01. The molecule has 288 valence electrons. The molecule has 6 aromatic rings. The second kappa shape index (κ2) is 19.1.